The molecule has 1 unspecified atom stereocenters. The molecule has 0 saturated carbocycles. The monoisotopic (exact) mass is 240 g/mol. The van der Waals surface area contributed by atoms with Crippen LogP contribution in [0.1, 0.15) is 12.1 Å². The summed E-state index contributed by atoms with van der Waals surface area (Å²) in [5, 5.41) is 3.27. The fraction of sp³-hybridized carbons (Fsp3) is 0.455. The summed E-state index contributed by atoms with van der Waals surface area (Å²) < 4.78 is 5.17. The molecule has 1 aliphatic rings. The molecule has 1 atom stereocenters. The number of nitrogens with zero attached hydrogens (tertiary/aromatic N) is 1. The van der Waals surface area contributed by atoms with Crippen molar-refractivity contribution >= 4 is 23.2 Å². The van der Waals surface area contributed by atoms with Gasteiger partial charge in [-0.3, -0.25) is 4.79 Å². The van der Waals surface area contributed by atoms with Gasteiger partial charge in [0, 0.05) is 6.61 Å². The molecule has 86 valence electrons. The number of amides is 1. The molecule has 1 aliphatic heterocycles. The highest BCUT2D eigenvalue weighted by Crippen LogP contribution is 2.19. The molecule has 4 nitrogen and oxygen atoms in total. The number of carbonyl (C=O) groups is 1. The third kappa shape index (κ3) is 2.51. The minimum absolute atomic E-state index is 0.00952. The van der Waals surface area contributed by atoms with Crippen molar-refractivity contribution in [3.8, 4) is 0 Å². The van der Waals surface area contributed by atoms with Crippen LogP contribution >= 0.6 is 11.6 Å². The number of aromatic nitrogens is 1. The van der Waals surface area contributed by atoms with Crippen LogP contribution in [0.15, 0.2) is 12.1 Å². The van der Waals surface area contributed by atoms with Crippen molar-refractivity contribution in [3.63, 3.8) is 0 Å². The molecule has 1 aromatic rings. The van der Waals surface area contributed by atoms with Crippen LogP contribution in [-0.4, -0.2) is 24.1 Å². The summed E-state index contributed by atoms with van der Waals surface area (Å²) >= 11 is 5.74. The van der Waals surface area contributed by atoms with Gasteiger partial charge < -0.3 is 10.1 Å². The van der Waals surface area contributed by atoms with Crippen molar-refractivity contribution in [1.82, 2.24) is 4.98 Å². The van der Waals surface area contributed by atoms with Crippen molar-refractivity contribution in [2.45, 2.75) is 13.3 Å². The Labute approximate surface area is 99.0 Å². The van der Waals surface area contributed by atoms with E-state index in [9.17, 15) is 4.79 Å². The van der Waals surface area contributed by atoms with Crippen LogP contribution in [-0.2, 0) is 9.53 Å². The Hall–Kier alpha value is -1.13. The van der Waals surface area contributed by atoms with Gasteiger partial charge in [-0.2, -0.15) is 0 Å². The van der Waals surface area contributed by atoms with Gasteiger partial charge in [0.25, 0.3) is 0 Å². The number of rotatable bonds is 2. The molecule has 1 N–H and O–H groups in total. The number of halogens is 1. The molecule has 0 aliphatic carbocycles. The van der Waals surface area contributed by atoms with Gasteiger partial charge in [0.05, 0.1) is 23.9 Å². The summed E-state index contributed by atoms with van der Waals surface area (Å²) in [6.07, 6.45) is 0.784. The molecular formula is C11H13ClN2O2. The summed E-state index contributed by atoms with van der Waals surface area (Å²) in [7, 11) is 0. The van der Waals surface area contributed by atoms with Crippen LogP contribution in [0.3, 0.4) is 0 Å². The predicted octanol–water partition coefficient (Wildman–Crippen LogP) is 2.02. The zero-order valence-electron chi connectivity index (χ0n) is 9.00. The van der Waals surface area contributed by atoms with Crippen LogP contribution in [0.25, 0.3) is 0 Å². The lowest BCUT2D eigenvalue weighted by molar-refractivity contribution is -0.119. The van der Waals surface area contributed by atoms with E-state index in [1.165, 1.54) is 0 Å². The Morgan fingerprint density at radius 1 is 1.62 bits per heavy atom. The van der Waals surface area contributed by atoms with E-state index in [0.717, 1.165) is 12.1 Å². The van der Waals surface area contributed by atoms with E-state index in [2.05, 4.69) is 10.3 Å². The first-order chi connectivity index (χ1) is 7.66. The summed E-state index contributed by atoms with van der Waals surface area (Å²) in [6.45, 7) is 2.98. The Morgan fingerprint density at radius 3 is 3.06 bits per heavy atom. The van der Waals surface area contributed by atoms with E-state index in [-0.39, 0.29) is 11.8 Å². The largest absolute Gasteiger partial charge is 0.381 e. The molecule has 0 spiro atoms. The second-order valence-corrected chi connectivity index (χ2v) is 4.20. The molecule has 1 aromatic heterocycles. The number of pyridine rings is 1. The van der Waals surface area contributed by atoms with Crippen LogP contribution in [0.5, 0.6) is 0 Å². The normalized spacial score (nSPS) is 19.8. The second kappa shape index (κ2) is 4.80. The highest BCUT2D eigenvalue weighted by molar-refractivity contribution is 6.29. The number of carbonyl (C=O) groups excluding carboxylic acids is 1. The van der Waals surface area contributed by atoms with Crippen LogP contribution in [0.2, 0.25) is 5.15 Å². The zero-order valence-corrected chi connectivity index (χ0v) is 9.75. The molecule has 1 amide bonds. The first-order valence-electron chi connectivity index (χ1n) is 5.18. The van der Waals surface area contributed by atoms with E-state index in [1.807, 2.05) is 6.92 Å². The van der Waals surface area contributed by atoms with E-state index in [4.69, 9.17) is 16.3 Å². The number of nitrogens with one attached hydrogen (secondary N) is 1. The summed E-state index contributed by atoms with van der Waals surface area (Å²) in [6, 6.07) is 3.42. The van der Waals surface area contributed by atoms with Gasteiger partial charge in [-0.25, -0.2) is 4.98 Å². The Kier molecular flexibility index (Phi) is 3.41. The van der Waals surface area contributed by atoms with Gasteiger partial charge in [-0.05, 0) is 25.5 Å². The smallest absolute Gasteiger partial charge is 0.229 e. The topological polar surface area (TPSA) is 51.2 Å². The molecule has 2 rings (SSSR count). The molecule has 5 heteroatoms. The Bertz CT molecular complexity index is 403. The fourth-order valence-corrected chi connectivity index (χ4v) is 1.83. The highest BCUT2D eigenvalue weighted by Gasteiger charge is 2.23. The van der Waals surface area contributed by atoms with Crippen molar-refractivity contribution in [3.05, 3.63) is 23.0 Å². The van der Waals surface area contributed by atoms with Gasteiger partial charge in [-0.1, -0.05) is 11.6 Å². The lowest BCUT2D eigenvalue weighted by Crippen LogP contribution is -2.23. The van der Waals surface area contributed by atoms with Crippen molar-refractivity contribution < 1.29 is 9.53 Å². The molecule has 1 saturated heterocycles. The van der Waals surface area contributed by atoms with Crippen LogP contribution in [0.4, 0.5) is 5.69 Å². The van der Waals surface area contributed by atoms with E-state index in [1.54, 1.807) is 12.1 Å². The lowest BCUT2D eigenvalue weighted by atomic mass is 10.1. The molecule has 0 aromatic carbocycles. The summed E-state index contributed by atoms with van der Waals surface area (Å²) in [5.74, 6) is -0.0557. The number of hydrogen-bond donors (Lipinski definition) is 1. The van der Waals surface area contributed by atoms with Gasteiger partial charge in [-0.15, -0.1) is 0 Å². The van der Waals surface area contributed by atoms with E-state index >= 15 is 0 Å². The maximum atomic E-state index is 11.8. The Balaban J connectivity index is 2.05. The lowest BCUT2D eigenvalue weighted by Gasteiger charge is -2.10. The molecule has 0 radical (unpaired) electrons. The van der Waals surface area contributed by atoms with Gasteiger partial charge >= 0.3 is 0 Å². The third-order valence-electron chi connectivity index (χ3n) is 2.61. The van der Waals surface area contributed by atoms with Crippen molar-refractivity contribution in [2.24, 2.45) is 5.92 Å². The summed E-state index contributed by atoms with van der Waals surface area (Å²) in [5.41, 5.74) is 1.43. The minimum atomic E-state index is -0.0462. The van der Waals surface area contributed by atoms with Gasteiger partial charge in [0.1, 0.15) is 5.15 Å². The molecule has 1 fully saturated rings. The summed E-state index contributed by atoms with van der Waals surface area (Å²) in [4.78, 5) is 15.9. The molecule has 2 heterocycles. The second-order valence-electron chi connectivity index (χ2n) is 3.82. The quantitative estimate of drug-likeness (QED) is 0.805. The molecule has 0 bridgehead atoms. The fourth-order valence-electron chi connectivity index (χ4n) is 1.64. The van der Waals surface area contributed by atoms with Gasteiger partial charge in [0.15, 0.2) is 0 Å². The average molecular weight is 241 g/mol. The predicted molar refractivity (Wildman–Crippen MR) is 61.5 cm³/mol. The first-order valence-corrected chi connectivity index (χ1v) is 5.56. The SMILES string of the molecule is Cc1nc(Cl)ccc1NC(=O)C1CCOC1. The average Bonchev–Trinajstić information content (AvgIpc) is 2.75. The van der Waals surface area contributed by atoms with Gasteiger partial charge in [0.2, 0.25) is 5.91 Å². The molecule has 16 heavy (non-hydrogen) atoms. The van der Waals surface area contributed by atoms with Crippen LogP contribution < -0.4 is 5.32 Å². The first kappa shape index (κ1) is 11.4. The maximum Gasteiger partial charge on any atom is 0.229 e. The standard InChI is InChI=1S/C11H13ClN2O2/c1-7-9(2-3-10(12)13-7)14-11(15)8-4-5-16-6-8/h2-3,8H,4-6H2,1H3,(H,14,15). The Morgan fingerprint density at radius 2 is 2.44 bits per heavy atom. The highest BCUT2D eigenvalue weighted by atomic mass is 35.5. The maximum absolute atomic E-state index is 11.8. The number of hydrogen-bond acceptors (Lipinski definition) is 3. The van der Waals surface area contributed by atoms with Crippen molar-refractivity contribution in [2.75, 3.05) is 18.5 Å². The van der Waals surface area contributed by atoms with E-state index in [0.29, 0.717) is 24.1 Å². The van der Waals surface area contributed by atoms with Crippen molar-refractivity contribution in [1.29, 1.82) is 0 Å². The zero-order chi connectivity index (χ0) is 11.5. The number of aryl methyl sites for hydroxylation is 1. The number of ether oxygens (including phenoxy) is 1. The molecular weight excluding hydrogens is 228 g/mol. The van der Waals surface area contributed by atoms with Crippen LogP contribution in [0, 0.1) is 12.8 Å². The van der Waals surface area contributed by atoms with E-state index < -0.39 is 0 Å². The minimum Gasteiger partial charge on any atom is -0.381 e. The third-order valence-corrected chi connectivity index (χ3v) is 2.82. The number of anilines is 1.